The molecule has 1 aromatic rings. The summed E-state index contributed by atoms with van der Waals surface area (Å²) in [4.78, 5) is 0. The van der Waals surface area contributed by atoms with Crippen molar-refractivity contribution >= 4 is 15.9 Å². The molecule has 1 rings (SSSR count). The van der Waals surface area contributed by atoms with Crippen LogP contribution in [0.25, 0.3) is 0 Å². The van der Waals surface area contributed by atoms with Gasteiger partial charge in [0.25, 0.3) is 0 Å². The standard InChI is InChI=1S/C7H3BrF3/c8-6-3-1-2-5(4-6)7(9,10)11/h2-4H. The zero-order valence-electron chi connectivity index (χ0n) is 5.24. The molecule has 0 saturated heterocycles. The average Bonchev–Trinajstić information content (AvgIpc) is 1.86. The SMILES string of the molecule is FC(F)(F)c1c[c]cc(Br)c1. The summed E-state index contributed by atoms with van der Waals surface area (Å²) in [5.74, 6) is 0. The molecule has 0 fully saturated rings. The van der Waals surface area contributed by atoms with Crippen molar-refractivity contribution in [2.24, 2.45) is 0 Å². The smallest absolute Gasteiger partial charge is 0.166 e. The Kier molecular flexibility index (Phi) is 2.23. The Hall–Kier alpha value is -0.510. The van der Waals surface area contributed by atoms with Crippen LogP contribution in [0.5, 0.6) is 0 Å². The van der Waals surface area contributed by atoms with Crippen molar-refractivity contribution < 1.29 is 13.2 Å². The van der Waals surface area contributed by atoms with Gasteiger partial charge in [-0.1, -0.05) is 15.9 Å². The predicted octanol–water partition coefficient (Wildman–Crippen LogP) is 3.27. The minimum Gasteiger partial charge on any atom is -0.166 e. The first-order valence-corrected chi connectivity index (χ1v) is 3.53. The van der Waals surface area contributed by atoms with E-state index < -0.39 is 11.7 Å². The molecule has 0 aliphatic heterocycles. The fraction of sp³-hybridized carbons (Fsp3) is 0.143. The molecule has 0 aliphatic carbocycles. The maximum Gasteiger partial charge on any atom is 0.416 e. The Balaban J connectivity index is 3.06. The molecule has 0 spiro atoms. The maximum absolute atomic E-state index is 11.9. The van der Waals surface area contributed by atoms with Gasteiger partial charge in [-0.2, -0.15) is 13.2 Å². The van der Waals surface area contributed by atoms with Crippen LogP contribution in [-0.4, -0.2) is 0 Å². The number of benzene rings is 1. The Morgan fingerprint density at radius 3 is 2.27 bits per heavy atom. The summed E-state index contributed by atoms with van der Waals surface area (Å²) < 4.78 is 36.2. The van der Waals surface area contributed by atoms with Gasteiger partial charge in [0.1, 0.15) is 0 Å². The zero-order chi connectivity index (χ0) is 8.48. The summed E-state index contributed by atoms with van der Waals surface area (Å²) >= 11 is 2.92. The average molecular weight is 224 g/mol. The number of hydrogen-bond donors (Lipinski definition) is 0. The number of rotatable bonds is 0. The predicted molar refractivity (Wildman–Crippen MR) is 38.0 cm³/mol. The first-order valence-electron chi connectivity index (χ1n) is 2.74. The summed E-state index contributed by atoms with van der Waals surface area (Å²) in [6, 6.07) is 5.71. The van der Waals surface area contributed by atoms with Crippen molar-refractivity contribution in [2.75, 3.05) is 0 Å². The van der Waals surface area contributed by atoms with Gasteiger partial charge in [-0.05, 0) is 24.3 Å². The quantitative estimate of drug-likeness (QED) is 0.634. The van der Waals surface area contributed by atoms with Crippen LogP contribution in [0, 0.1) is 6.07 Å². The Labute approximate surface area is 70.2 Å². The molecule has 1 aromatic carbocycles. The van der Waals surface area contributed by atoms with Crippen molar-refractivity contribution in [3.63, 3.8) is 0 Å². The van der Waals surface area contributed by atoms with Crippen LogP contribution in [0.4, 0.5) is 13.2 Å². The largest absolute Gasteiger partial charge is 0.416 e. The van der Waals surface area contributed by atoms with E-state index in [1.54, 1.807) is 0 Å². The first-order chi connectivity index (χ1) is 5.00. The van der Waals surface area contributed by atoms with Crippen molar-refractivity contribution in [1.82, 2.24) is 0 Å². The highest BCUT2D eigenvalue weighted by Crippen LogP contribution is 2.30. The second kappa shape index (κ2) is 2.85. The Bertz CT molecular complexity index is 254. The van der Waals surface area contributed by atoms with E-state index in [9.17, 15) is 13.2 Å². The monoisotopic (exact) mass is 223 g/mol. The molecule has 0 saturated carbocycles. The molecule has 0 amide bonds. The lowest BCUT2D eigenvalue weighted by molar-refractivity contribution is -0.137. The fourth-order valence-electron chi connectivity index (χ4n) is 0.607. The van der Waals surface area contributed by atoms with Gasteiger partial charge in [0.15, 0.2) is 0 Å². The second-order valence-corrected chi connectivity index (χ2v) is 2.85. The highest BCUT2D eigenvalue weighted by atomic mass is 79.9. The molecule has 4 heteroatoms. The second-order valence-electron chi connectivity index (χ2n) is 1.94. The zero-order valence-corrected chi connectivity index (χ0v) is 6.83. The van der Waals surface area contributed by atoms with Crippen molar-refractivity contribution in [1.29, 1.82) is 0 Å². The van der Waals surface area contributed by atoms with E-state index in [-0.39, 0.29) is 0 Å². The molecule has 11 heavy (non-hydrogen) atoms. The fourth-order valence-corrected chi connectivity index (χ4v) is 0.985. The van der Waals surface area contributed by atoms with E-state index in [2.05, 4.69) is 22.0 Å². The highest BCUT2D eigenvalue weighted by Gasteiger charge is 2.30. The minimum absolute atomic E-state index is 0.382. The van der Waals surface area contributed by atoms with E-state index in [0.29, 0.717) is 4.47 Å². The van der Waals surface area contributed by atoms with Crippen molar-refractivity contribution in [2.45, 2.75) is 6.18 Å². The lowest BCUT2D eigenvalue weighted by atomic mass is 10.2. The maximum atomic E-state index is 11.9. The first kappa shape index (κ1) is 8.59. The van der Waals surface area contributed by atoms with E-state index in [0.717, 1.165) is 12.1 Å². The van der Waals surface area contributed by atoms with E-state index in [1.807, 2.05) is 0 Å². The molecule has 0 bridgehead atoms. The number of alkyl halides is 3. The number of hydrogen-bond acceptors (Lipinski definition) is 0. The van der Waals surface area contributed by atoms with Gasteiger partial charge in [0.2, 0.25) is 0 Å². The third-order valence-corrected chi connectivity index (χ3v) is 1.54. The molecule has 0 unspecified atom stereocenters. The molecule has 0 aromatic heterocycles. The van der Waals surface area contributed by atoms with Crippen LogP contribution in [-0.2, 0) is 6.18 Å². The third-order valence-electron chi connectivity index (χ3n) is 1.08. The molecule has 0 aliphatic rings. The number of halogens is 4. The van der Waals surface area contributed by atoms with Crippen molar-refractivity contribution in [3.05, 3.63) is 34.3 Å². The Morgan fingerprint density at radius 2 is 1.91 bits per heavy atom. The molecule has 0 N–H and O–H groups in total. The van der Waals surface area contributed by atoms with Crippen LogP contribution < -0.4 is 0 Å². The molecule has 0 nitrogen and oxygen atoms in total. The van der Waals surface area contributed by atoms with E-state index >= 15 is 0 Å². The summed E-state index contributed by atoms with van der Waals surface area (Å²) in [6.07, 6.45) is -4.28. The van der Waals surface area contributed by atoms with Gasteiger partial charge in [-0.25, -0.2) is 0 Å². The van der Waals surface area contributed by atoms with Crippen LogP contribution >= 0.6 is 15.9 Å². The molecule has 0 heterocycles. The Morgan fingerprint density at radius 1 is 1.27 bits per heavy atom. The minimum atomic E-state index is -4.28. The normalized spacial score (nSPS) is 11.6. The van der Waals surface area contributed by atoms with E-state index in [4.69, 9.17) is 0 Å². The van der Waals surface area contributed by atoms with Crippen LogP contribution in [0.1, 0.15) is 5.56 Å². The van der Waals surface area contributed by atoms with Crippen LogP contribution in [0.3, 0.4) is 0 Å². The molecule has 1 radical (unpaired) electrons. The van der Waals surface area contributed by atoms with E-state index in [1.165, 1.54) is 6.07 Å². The summed E-state index contributed by atoms with van der Waals surface area (Å²) in [5, 5.41) is 0. The molecule has 0 atom stereocenters. The van der Waals surface area contributed by atoms with Gasteiger partial charge >= 0.3 is 6.18 Å². The lowest BCUT2D eigenvalue weighted by Crippen LogP contribution is -2.03. The van der Waals surface area contributed by atoms with Crippen LogP contribution in [0.15, 0.2) is 22.7 Å². The molecule has 59 valence electrons. The topological polar surface area (TPSA) is 0 Å². The van der Waals surface area contributed by atoms with Crippen LogP contribution in [0.2, 0.25) is 0 Å². The third kappa shape index (κ3) is 2.22. The van der Waals surface area contributed by atoms with Gasteiger partial charge in [-0.15, -0.1) is 0 Å². The van der Waals surface area contributed by atoms with Gasteiger partial charge < -0.3 is 0 Å². The summed E-state index contributed by atoms with van der Waals surface area (Å²) in [6.45, 7) is 0. The lowest BCUT2D eigenvalue weighted by Gasteiger charge is -2.05. The summed E-state index contributed by atoms with van der Waals surface area (Å²) in [7, 11) is 0. The van der Waals surface area contributed by atoms with Gasteiger partial charge in [0.05, 0.1) is 5.56 Å². The van der Waals surface area contributed by atoms with Gasteiger partial charge in [-0.3, -0.25) is 0 Å². The van der Waals surface area contributed by atoms with Gasteiger partial charge in [0, 0.05) is 4.47 Å². The summed E-state index contributed by atoms with van der Waals surface area (Å²) in [5.41, 5.74) is -0.688. The molecular formula is C7H3BrF3. The highest BCUT2D eigenvalue weighted by molar-refractivity contribution is 9.10. The molecular weight excluding hydrogens is 221 g/mol. The van der Waals surface area contributed by atoms with Crippen molar-refractivity contribution in [3.8, 4) is 0 Å².